The lowest BCUT2D eigenvalue weighted by atomic mass is 9.94. The number of rotatable bonds is 4. The molecule has 0 amide bonds. The van der Waals surface area contributed by atoms with Gasteiger partial charge in [-0.25, -0.2) is 4.98 Å². The molecule has 2 aromatic rings. The van der Waals surface area contributed by atoms with Crippen molar-refractivity contribution in [3.05, 3.63) is 51.4 Å². The van der Waals surface area contributed by atoms with Gasteiger partial charge in [0, 0.05) is 16.8 Å². The van der Waals surface area contributed by atoms with Crippen molar-refractivity contribution in [2.45, 2.75) is 12.3 Å². The van der Waals surface area contributed by atoms with Crippen LogP contribution in [0.1, 0.15) is 17.2 Å². The monoisotopic (exact) mass is 267 g/mol. The van der Waals surface area contributed by atoms with Crippen LogP contribution < -0.4 is 0 Å². The van der Waals surface area contributed by atoms with Crippen LogP contribution in [0.5, 0.6) is 0 Å². The first-order valence-electron chi connectivity index (χ1n) is 5.03. The topological polar surface area (TPSA) is 50.2 Å². The van der Waals surface area contributed by atoms with Crippen molar-refractivity contribution in [2.75, 3.05) is 0 Å². The summed E-state index contributed by atoms with van der Waals surface area (Å²) in [6, 6.07) is 7.02. The highest BCUT2D eigenvalue weighted by Crippen LogP contribution is 2.27. The average molecular weight is 268 g/mol. The van der Waals surface area contributed by atoms with Crippen LogP contribution in [0.15, 0.2) is 35.2 Å². The zero-order chi connectivity index (χ0) is 12.3. The Morgan fingerprint density at radius 3 is 2.82 bits per heavy atom. The molecule has 0 aliphatic carbocycles. The fraction of sp³-hybridized carbons (Fsp3) is 0.167. The van der Waals surface area contributed by atoms with E-state index >= 15 is 0 Å². The van der Waals surface area contributed by atoms with E-state index in [-0.39, 0.29) is 0 Å². The minimum Gasteiger partial charge on any atom is -0.481 e. The molecule has 0 aliphatic heterocycles. The van der Waals surface area contributed by atoms with E-state index in [0.717, 1.165) is 5.69 Å². The summed E-state index contributed by atoms with van der Waals surface area (Å²) in [5, 5.41) is 11.6. The first kappa shape index (κ1) is 12.1. The molecule has 1 aromatic heterocycles. The van der Waals surface area contributed by atoms with E-state index < -0.39 is 11.9 Å². The van der Waals surface area contributed by atoms with Gasteiger partial charge in [0.1, 0.15) is 0 Å². The minimum absolute atomic E-state index is 0.364. The number of carbonyl (C=O) groups is 1. The van der Waals surface area contributed by atoms with Crippen molar-refractivity contribution in [1.29, 1.82) is 0 Å². The summed E-state index contributed by atoms with van der Waals surface area (Å²) < 4.78 is 0. The average Bonchev–Trinajstić information content (AvgIpc) is 2.79. The van der Waals surface area contributed by atoms with Gasteiger partial charge in [0.25, 0.3) is 0 Å². The van der Waals surface area contributed by atoms with Gasteiger partial charge < -0.3 is 5.11 Å². The number of carboxylic acids is 1. The molecule has 0 radical (unpaired) electrons. The van der Waals surface area contributed by atoms with Gasteiger partial charge in [-0.1, -0.05) is 29.8 Å². The third-order valence-corrected chi connectivity index (χ3v) is 3.45. The Morgan fingerprint density at radius 1 is 1.47 bits per heavy atom. The van der Waals surface area contributed by atoms with Crippen LogP contribution in [0.3, 0.4) is 0 Å². The summed E-state index contributed by atoms with van der Waals surface area (Å²) >= 11 is 7.48. The second kappa shape index (κ2) is 5.29. The summed E-state index contributed by atoms with van der Waals surface area (Å²) in [6.45, 7) is 0. The molecule has 0 aliphatic rings. The number of nitrogens with zero attached hydrogens (tertiary/aromatic N) is 1. The first-order valence-corrected chi connectivity index (χ1v) is 6.35. The number of benzene rings is 1. The van der Waals surface area contributed by atoms with Gasteiger partial charge in [-0.3, -0.25) is 4.79 Å². The highest BCUT2D eigenvalue weighted by molar-refractivity contribution is 7.07. The molecule has 0 saturated carbocycles. The summed E-state index contributed by atoms with van der Waals surface area (Å²) in [7, 11) is 0. The summed E-state index contributed by atoms with van der Waals surface area (Å²) in [4.78, 5) is 15.4. The fourth-order valence-corrected chi connectivity index (χ4v) is 2.47. The van der Waals surface area contributed by atoms with Gasteiger partial charge in [0.05, 0.1) is 17.1 Å². The number of halogens is 1. The second-order valence-electron chi connectivity index (χ2n) is 3.60. The number of hydrogen-bond acceptors (Lipinski definition) is 3. The van der Waals surface area contributed by atoms with Crippen LogP contribution in [0.25, 0.3) is 0 Å². The van der Waals surface area contributed by atoms with Gasteiger partial charge in [-0.15, -0.1) is 11.3 Å². The molecule has 0 saturated heterocycles. The van der Waals surface area contributed by atoms with Crippen molar-refractivity contribution < 1.29 is 9.90 Å². The predicted molar refractivity (Wildman–Crippen MR) is 67.6 cm³/mol. The van der Waals surface area contributed by atoms with Crippen LogP contribution in [0.2, 0.25) is 5.02 Å². The van der Waals surface area contributed by atoms with Crippen molar-refractivity contribution in [1.82, 2.24) is 4.98 Å². The molecule has 2 rings (SSSR count). The third kappa shape index (κ3) is 2.84. The number of carboxylic acid groups (broad SMARTS) is 1. The van der Waals surface area contributed by atoms with Gasteiger partial charge in [-0.2, -0.15) is 0 Å². The van der Waals surface area contributed by atoms with Crippen LogP contribution in [-0.4, -0.2) is 16.1 Å². The molecule has 3 nitrogen and oxygen atoms in total. The molecule has 1 atom stereocenters. The maximum atomic E-state index is 11.3. The Morgan fingerprint density at radius 2 is 2.24 bits per heavy atom. The summed E-state index contributed by atoms with van der Waals surface area (Å²) in [6.07, 6.45) is 0.364. The largest absolute Gasteiger partial charge is 0.481 e. The van der Waals surface area contributed by atoms with Gasteiger partial charge in [0.2, 0.25) is 0 Å². The SMILES string of the molecule is O=C(O)C(Cc1cscn1)c1ccccc1Cl. The van der Waals surface area contributed by atoms with Crippen LogP contribution in [0.4, 0.5) is 0 Å². The van der Waals surface area contributed by atoms with E-state index in [4.69, 9.17) is 11.6 Å². The zero-order valence-corrected chi connectivity index (χ0v) is 10.4. The van der Waals surface area contributed by atoms with Gasteiger partial charge in [-0.05, 0) is 11.6 Å². The smallest absolute Gasteiger partial charge is 0.311 e. The molecule has 0 spiro atoms. The standard InChI is InChI=1S/C12H10ClNO2S/c13-11-4-2-1-3-9(11)10(12(15)16)5-8-6-17-7-14-8/h1-4,6-7,10H,5H2,(H,15,16). The molecule has 0 fully saturated rings. The quantitative estimate of drug-likeness (QED) is 0.925. The Kier molecular flexibility index (Phi) is 3.76. The van der Waals surface area contributed by atoms with E-state index in [2.05, 4.69) is 4.98 Å². The van der Waals surface area contributed by atoms with E-state index in [1.807, 2.05) is 5.38 Å². The molecule has 1 heterocycles. The van der Waals surface area contributed by atoms with Crippen LogP contribution in [0, 0.1) is 0 Å². The Hall–Kier alpha value is -1.39. The van der Waals surface area contributed by atoms with Crippen molar-refractivity contribution in [3.63, 3.8) is 0 Å². The Balaban J connectivity index is 2.30. The maximum Gasteiger partial charge on any atom is 0.311 e. The van der Waals surface area contributed by atoms with Crippen molar-refractivity contribution in [2.24, 2.45) is 0 Å². The van der Waals surface area contributed by atoms with E-state index in [1.54, 1.807) is 29.8 Å². The molecule has 1 unspecified atom stereocenters. The second-order valence-corrected chi connectivity index (χ2v) is 4.72. The number of hydrogen-bond donors (Lipinski definition) is 1. The highest BCUT2D eigenvalue weighted by Gasteiger charge is 2.23. The van der Waals surface area contributed by atoms with Crippen LogP contribution >= 0.6 is 22.9 Å². The molecule has 17 heavy (non-hydrogen) atoms. The van der Waals surface area contributed by atoms with Crippen molar-refractivity contribution in [3.8, 4) is 0 Å². The molecular weight excluding hydrogens is 258 g/mol. The summed E-state index contributed by atoms with van der Waals surface area (Å²) in [5.74, 6) is -1.53. The van der Waals surface area contributed by atoms with E-state index in [0.29, 0.717) is 17.0 Å². The fourth-order valence-electron chi connectivity index (χ4n) is 1.64. The molecule has 1 aromatic carbocycles. The number of aromatic nitrogens is 1. The molecule has 0 bridgehead atoms. The lowest BCUT2D eigenvalue weighted by Gasteiger charge is -2.12. The van der Waals surface area contributed by atoms with Gasteiger partial charge >= 0.3 is 5.97 Å². The van der Waals surface area contributed by atoms with Crippen molar-refractivity contribution >= 4 is 28.9 Å². The normalized spacial score (nSPS) is 12.3. The minimum atomic E-state index is -0.883. The lowest BCUT2D eigenvalue weighted by molar-refractivity contribution is -0.138. The highest BCUT2D eigenvalue weighted by atomic mass is 35.5. The molecule has 1 N–H and O–H groups in total. The zero-order valence-electron chi connectivity index (χ0n) is 8.84. The summed E-state index contributed by atoms with van der Waals surface area (Å²) in [5.41, 5.74) is 3.11. The van der Waals surface area contributed by atoms with E-state index in [9.17, 15) is 9.90 Å². The maximum absolute atomic E-state index is 11.3. The molecule has 88 valence electrons. The number of thiazole rings is 1. The third-order valence-electron chi connectivity index (χ3n) is 2.48. The van der Waals surface area contributed by atoms with E-state index in [1.165, 1.54) is 11.3 Å². The Bertz CT molecular complexity index is 513. The Labute approximate surface area is 108 Å². The molecule has 5 heteroatoms. The lowest BCUT2D eigenvalue weighted by Crippen LogP contribution is -2.15. The number of aliphatic carboxylic acids is 1. The predicted octanol–water partition coefficient (Wildman–Crippen LogP) is 3.21. The van der Waals surface area contributed by atoms with Gasteiger partial charge in [0.15, 0.2) is 0 Å². The first-order chi connectivity index (χ1) is 8.18. The molecular formula is C12H10ClNO2S. The van der Waals surface area contributed by atoms with Crippen LogP contribution in [-0.2, 0) is 11.2 Å².